The van der Waals surface area contributed by atoms with Gasteiger partial charge < -0.3 is 14.6 Å². The predicted molar refractivity (Wildman–Crippen MR) is 155 cm³/mol. The van der Waals surface area contributed by atoms with Gasteiger partial charge >= 0.3 is 0 Å². The summed E-state index contributed by atoms with van der Waals surface area (Å²) in [4.78, 5) is 15.9. The normalized spacial score (nSPS) is 21.2. The van der Waals surface area contributed by atoms with Crippen LogP contribution < -0.4 is 14.4 Å². The number of anilines is 1. The number of Topliss-reactive ketones (excluding diaryl/α,β-unsaturated/α-hetero) is 1. The third-order valence-corrected chi connectivity index (χ3v) is 8.09. The zero-order valence-corrected chi connectivity index (χ0v) is 23.6. The number of aliphatic hydroxyl groups is 1. The van der Waals surface area contributed by atoms with Crippen LogP contribution >= 0.6 is 15.9 Å². The lowest BCUT2D eigenvalue weighted by molar-refractivity contribution is -0.118. The SMILES string of the molecule is Cc1ccc(/C(O)=C2\C(=N)N(c3cccc(Br)c3)C3=C(C(=O)CC(C)(C)C3)[C@H]2c2ccc3c(c2)OCO3)cc1. The standard InChI is InChI=1S/C32H29BrN2O4/c1-18-7-9-19(10-8-18)30(37)29-27(20-11-12-25-26(13-20)39-17-38-25)28-23(15-32(2,3)16-24(28)36)35(31(29)34)22-6-4-5-21(33)14-22/h4-14,27,34,37H,15-17H2,1-3H3/b30-29+,34-31?/t27-/m1/s1. The molecule has 39 heavy (non-hydrogen) atoms. The number of hydrogen-bond donors (Lipinski definition) is 2. The second kappa shape index (κ2) is 9.42. The number of aliphatic hydroxyl groups excluding tert-OH is 1. The third-order valence-electron chi connectivity index (χ3n) is 7.60. The summed E-state index contributed by atoms with van der Waals surface area (Å²) in [6.07, 6.45) is 0.994. The first kappa shape index (κ1) is 25.4. The van der Waals surface area contributed by atoms with E-state index in [1.807, 2.05) is 78.6 Å². The number of allylic oxidation sites excluding steroid dienone is 2. The number of halogens is 1. The molecule has 0 fully saturated rings. The van der Waals surface area contributed by atoms with Gasteiger partial charge in [0.15, 0.2) is 17.3 Å². The minimum atomic E-state index is -0.643. The number of carbonyl (C=O) groups excluding carboxylic acids is 1. The number of ether oxygens (including phenoxy) is 2. The van der Waals surface area contributed by atoms with Crippen LogP contribution in [-0.2, 0) is 4.79 Å². The molecule has 0 unspecified atom stereocenters. The Bertz CT molecular complexity index is 1590. The lowest BCUT2D eigenvalue weighted by atomic mass is 9.67. The topological polar surface area (TPSA) is 82.9 Å². The second-order valence-electron chi connectivity index (χ2n) is 11.1. The molecule has 1 atom stereocenters. The van der Waals surface area contributed by atoms with Crippen LogP contribution in [0.3, 0.4) is 0 Å². The number of carbonyl (C=O) groups is 1. The second-order valence-corrected chi connectivity index (χ2v) is 12.1. The molecule has 0 aromatic heterocycles. The lowest BCUT2D eigenvalue weighted by Crippen LogP contribution is -2.45. The Labute approximate surface area is 236 Å². The van der Waals surface area contributed by atoms with E-state index in [0.717, 1.165) is 27.0 Å². The van der Waals surface area contributed by atoms with Gasteiger partial charge in [0.05, 0.1) is 0 Å². The van der Waals surface area contributed by atoms with Crippen molar-refractivity contribution in [3.8, 4) is 11.5 Å². The summed E-state index contributed by atoms with van der Waals surface area (Å²) in [7, 11) is 0. The summed E-state index contributed by atoms with van der Waals surface area (Å²) in [5.74, 6) is 0.721. The van der Waals surface area contributed by atoms with E-state index >= 15 is 0 Å². The highest BCUT2D eigenvalue weighted by Crippen LogP contribution is 2.52. The number of amidine groups is 1. The van der Waals surface area contributed by atoms with Crippen molar-refractivity contribution >= 4 is 39.0 Å². The number of aryl methyl sites for hydroxylation is 1. The van der Waals surface area contributed by atoms with Crippen LogP contribution in [0.15, 0.2) is 88.0 Å². The zero-order valence-electron chi connectivity index (χ0n) is 22.0. The minimum absolute atomic E-state index is 0.0191. The molecule has 3 aromatic rings. The molecular formula is C32H29BrN2O4. The Morgan fingerprint density at radius 3 is 2.51 bits per heavy atom. The first-order valence-electron chi connectivity index (χ1n) is 12.9. The van der Waals surface area contributed by atoms with Crippen molar-refractivity contribution < 1.29 is 19.4 Å². The average molecular weight is 585 g/mol. The molecule has 7 heteroatoms. The molecule has 2 heterocycles. The Kier molecular flexibility index (Phi) is 6.14. The van der Waals surface area contributed by atoms with Crippen LogP contribution in [0.25, 0.3) is 5.76 Å². The fraction of sp³-hybridized carbons (Fsp3) is 0.250. The molecular weight excluding hydrogens is 556 g/mol. The summed E-state index contributed by atoms with van der Waals surface area (Å²) in [5, 5.41) is 21.4. The molecule has 0 amide bonds. The van der Waals surface area contributed by atoms with Gasteiger partial charge in [-0.25, -0.2) is 0 Å². The highest BCUT2D eigenvalue weighted by molar-refractivity contribution is 9.10. The van der Waals surface area contributed by atoms with E-state index in [0.29, 0.717) is 41.1 Å². The van der Waals surface area contributed by atoms with Gasteiger partial charge in [0, 0.05) is 44.9 Å². The van der Waals surface area contributed by atoms with E-state index in [-0.39, 0.29) is 29.6 Å². The van der Waals surface area contributed by atoms with E-state index < -0.39 is 5.92 Å². The Balaban J connectivity index is 1.67. The van der Waals surface area contributed by atoms with Gasteiger partial charge in [0.25, 0.3) is 0 Å². The van der Waals surface area contributed by atoms with Crippen molar-refractivity contribution in [2.45, 2.75) is 39.5 Å². The molecule has 2 aliphatic heterocycles. The number of fused-ring (bicyclic) bond motifs is 1. The van der Waals surface area contributed by atoms with Crippen molar-refractivity contribution in [1.82, 2.24) is 0 Å². The number of hydrogen-bond acceptors (Lipinski definition) is 5. The van der Waals surface area contributed by atoms with Gasteiger partial charge in [-0.1, -0.05) is 71.7 Å². The van der Waals surface area contributed by atoms with Gasteiger partial charge in [-0.15, -0.1) is 0 Å². The Morgan fingerprint density at radius 2 is 1.77 bits per heavy atom. The van der Waals surface area contributed by atoms with Gasteiger partial charge in [-0.3, -0.25) is 15.1 Å². The summed E-state index contributed by atoms with van der Waals surface area (Å²) < 4.78 is 12.1. The first-order valence-corrected chi connectivity index (χ1v) is 13.7. The minimum Gasteiger partial charge on any atom is -0.507 e. The third kappa shape index (κ3) is 4.44. The van der Waals surface area contributed by atoms with Crippen molar-refractivity contribution in [2.24, 2.45) is 5.41 Å². The predicted octanol–water partition coefficient (Wildman–Crippen LogP) is 7.68. The van der Waals surface area contributed by atoms with Crippen molar-refractivity contribution in [3.63, 3.8) is 0 Å². The van der Waals surface area contributed by atoms with Crippen LogP contribution in [0, 0.1) is 17.7 Å². The van der Waals surface area contributed by atoms with E-state index in [1.165, 1.54) is 0 Å². The molecule has 2 N–H and O–H groups in total. The number of benzene rings is 3. The maximum absolute atomic E-state index is 14.0. The fourth-order valence-corrected chi connectivity index (χ4v) is 6.19. The summed E-state index contributed by atoms with van der Waals surface area (Å²) in [6, 6.07) is 20.9. The van der Waals surface area contributed by atoms with E-state index in [4.69, 9.17) is 9.47 Å². The zero-order chi connectivity index (χ0) is 27.5. The molecule has 6 nitrogen and oxygen atoms in total. The number of rotatable bonds is 3. The average Bonchev–Trinajstić information content (AvgIpc) is 3.35. The molecule has 3 aromatic carbocycles. The fourth-order valence-electron chi connectivity index (χ4n) is 5.81. The largest absolute Gasteiger partial charge is 0.507 e. The van der Waals surface area contributed by atoms with Gasteiger partial charge in [-0.2, -0.15) is 0 Å². The van der Waals surface area contributed by atoms with Gasteiger partial charge in [-0.05, 0) is 54.7 Å². The monoisotopic (exact) mass is 584 g/mol. The van der Waals surface area contributed by atoms with Crippen molar-refractivity contribution in [1.29, 1.82) is 5.41 Å². The molecule has 6 rings (SSSR count). The van der Waals surface area contributed by atoms with E-state index in [2.05, 4.69) is 29.8 Å². The molecule has 198 valence electrons. The summed E-state index contributed by atoms with van der Waals surface area (Å²) >= 11 is 3.57. The van der Waals surface area contributed by atoms with Crippen LogP contribution in [0.4, 0.5) is 5.69 Å². The highest BCUT2D eigenvalue weighted by atomic mass is 79.9. The van der Waals surface area contributed by atoms with E-state index in [1.54, 1.807) is 0 Å². The van der Waals surface area contributed by atoms with Crippen LogP contribution in [-0.4, -0.2) is 23.5 Å². The maximum atomic E-state index is 14.0. The van der Waals surface area contributed by atoms with Crippen LogP contribution in [0.5, 0.6) is 11.5 Å². The summed E-state index contributed by atoms with van der Waals surface area (Å²) in [6.45, 7) is 6.29. The van der Waals surface area contributed by atoms with Gasteiger partial charge in [0.1, 0.15) is 11.6 Å². The summed E-state index contributed by atoms with van der Waals surface area (Å²) in [5.41, 5.74) is 4.68. The molecule has 0 radical (unpaired) electrons. The van der Waals surface area contributed by atoms with Crippen molar-refractivity contribution in [2.75, 3.05) is 11.7 Å². The Hall–Kier alpha value is -3.84. The Morgan fingerprint density at radius 1 is 1.03 bits per heavy atom. The highest BCUT2D eigenvalue weighted by Gasteiger charge is 2.47. The van der Waals surface area contributed by atoms with Crippen LogP contribution in [0.1, 0.15) is 49.3 Å². The lowest BCUT2D eigenvalue weighted by Gasteiger charge is -2.45. The number of ketones is 1. The molecule has 0 bridgehead atoms. The number of nitrogens with zero attached hydrogens (tertiary/aromatic N) is 1. The number of nitrogens with one attached hydrogen (secondary N) is 1. The van der Waals surface area contributed by atoms with E-state index in [9.17, 15) is 15.3 Å². The maximum Gasteiger partial charge on any atom is 0.231 e. The first-order chi connectivity index (χ1) is 18.6. The molecule has 0 saturated heterocycles. The van der Waals surface area contributed by atoms with Crippen molar-refractivity contribution in [3.05, 3.63) is 105 Å². The van der Waals surface area contributed by atoms with Crippen LogP contribution in [0.2, 0.25) is 0 Å². The quantitative estimate of drug-likeness (QED) is 0.308. The van der Waals surface area contributed by atoms with Gasteiger partial charge in [0.2, 0.25) is 6.79 Å². The molecule has 3 aliphatic rings. The molecule has 1 aliphatic carbocycles. The smallest absolute Gasteiger partial charge is 0.231 e. The molecule has 0 spiro atoms. The molecule has 0 saturated carbocycles.